The largest absolute Gasteiger partial charge is 0.481 e. The van der Waals surface area contributed by atoms with E-state index in [0.717, 1.165) is 17.1 Å². The molecule has 2 unspecified atom stereocenters. The lowest BCUT2D eigenvalue weighted by atomic mass is 10.1. The number of nitrogens with zero attached hydrogens (tertiary/aromatic N) is 3. The van der Waals surface area contributed by atoms with Crippen molar-refractivity contribution in [3.8, 4) is 5.75 Å². The van der Waals surface area contributed by atoms with Crippen molar-refractivity contribution < 1.29 is 14.3 Å². The minimum atomic E-state index is -0.626. The molecule has 1 aromatic heterocycles. The van der Waals surface area contributed by atoms with Gasteiger partial charge in [-0.05, 0) is 42.7 Å². The molecule has 2 aromatic carbocycles. The van der Waals surface area contributed by atoms with Crippen LogP contribution in [-0.4, -0.2) is 34.7 Å². The summed E-state index contributed by atoms with van der Waals surface area (Å²) in [5, 5.41) is 12.3. The van der Waals surface area contributed by atoms with E-state index in [2.05, 4.69) is 34.6 Å². The van der Waals surface area contributed by atoms with Crippen molar-refractivity contribution in [2.75, 3.05) is 16.8 Å². The normalized spacial score (nSPS) is 16.8. The summed E-state index contributed by atoms with van der Waals surface area (Å²) in [6, 6.07) is 17.3. The Morgan fingerprint density at radius 3 is 2.59 bits per heavy atom. The van der Waals surface area contributed by atoms with Crippen LogP contribution >= 0.6 is 11.3 Å². The Morgan fingerprint density at radius 2 is 1.91 bits per heavy atom. The van der Waals surface area contributed by atoms with Crippen molar-refractivity contribution in [3.05, 3.63) is 65.2 Å². The van der Waals surface area contributed by atoms with Crippen molar-refractivity contribution in [1.82, 2.24) is 10.2 Å². The van der Waals surface area contributed by atoms with E-state index < -0.39 is 6.10 Å². The zero-order valence-corrected chi connectivity index (χ0v) is 19.0. The molecule has 166 valence electrons. The zero-order chi connectivity index (χ0) is 22.5. The van der Waals surface area contributed by atoms with Crippen LogP contribution in [0.3, 0.4) is 0 Å². The van der Waals surface area contributed by atoms with E-state index in [4.69, 9.17) is 4.74 Å². The highest BCUT2D eigenvalue weighted by molar-refractivity contribution is 7.15. The Hall–Kier alpha value is -3.26. The van der Waals surface area contributed by atoms with Crippen LogP contribution in [0, 0.1) is 0 Å². The number of anilines is 2. The Morgan fingerprint density at radius 1 is 1.16 bits per heavy atom. The lowest BCUT2D eigenvalue weighted by Crippen LogP contribution is -2.32. The Kier molecular flexibility index (Phi) is 6.80. The highest BCUT2D eigenvalue weighted by Crippen LogP contribution is 2.34. The summed E-state index contributed by atoms with van der Waals surface area (Å²) in [6.45, 7) is 4.56. The summed E-state index contributed by atoms with van der Waals surface area (Å²) in [5.74, 6) is 0.407. The number of ether oxygens (including phenoxy) is 1. The number of rotatable bonds is 8. The second-order valence-corrected chi connectivity index (χ2v) is 8.70. The van der Waals surface area contributed by atoms with Gasteiger partial charge in [0.05, 0.1) is 0 Å². The van der Waals surface area contributed by atoms with Gasteiger partial charge in [-0.3, -0.25) is 14.9 Å². The van der Waals surface area contributed by atoms with E-state index in [1.54, 1.807) is 4.90 Å². The van der Waals surface area contributed by atoms with Gasteiger partial charge in [0.25, 0.3) is 5.91 Å². The predicted molar refractivity (Wildman–Crippen MR) is 125 cm³/mol. The molecule has 1 N–H and O–H groups in total. The van der Waals surface area contributed by atoms with Crippen LogP contribution in [0.1, 0.15) is 43.2 Å². The maximum Gasteiger partial charge on any atom is 0.267 e. The van der Waals surface area contributed by atoms with Crippen molar-refractivity contribution in [2.24, 2.45) is 0 Å². The van der Waals surface area contributed by atoms with Gasteiger partial charge < -0.3 is 9.64 Å². The minimum Gasteiger partial charge on any atom is -0.481 e. The molecular formula is C24H26N4O3S. The highest BCUT2D eigenvalue weighted by Gasteiger charge is 2.34. The Balaban J connectivity index is 1.38. The fraction of sp³-hybridized carbons (Fsp3) is 0.333. The Bertz CT molecular complexity index is 1070. The monoisotopic (exact) mass is 450 g/mol. The van der Waals surface area contributed by atoms with E-state index >= 15 is 0 Å². The lowest BCUT2D eigenvalue weighted by molar-refractivity contribution is -0.122. The van der Waals surface area contributed by atoms with Crippen molar-refractivity contribution in [1.29, 1.82) is 0 Å². The number of hydrogen-bond donors (Lipinski definition) is 1. The van der Waals surface area contributed by atoms with Crippen molar-refractivity contribution >= 4 is 34.0 Å². The molecule has 2 atom stereocenters. The van der Waals surface area contributed by atoms with E-state index in [1.165, 1.54) is 16.9 Å². The molecule has 1 saturated heterocycles. The molecule has 2 heterocycles. The van der Waals surface area contributed by atoms with Crippen LogP contribution < -0.4 is 15.0 Å². The SMILES string of the molecule is CCc1ccc(N2CC(c3nnc(NC(=O)C(CC)Oc4ccccc4)s3)CC2=O)cc1. The van der Waals surface area contributed by atoms with Gasteiger partial charge in [-0.15, -0.1) is 10.2 Å². The number of carbonyl (C=O) groups excluding carboxylic acids is 2. The molecule has 2 amide bonds. The number of carbonyl (C=O) groups is 2. The summed E-state index contributed by atoms with van der Waals surface area (Å²) in [6.07, 6.45) is 1.24. The third-order valence-corrected chi connectivity index (χ3v) is 6.49. The van der Waals surface area contributed by atoms with Gasteiger partial charge >= 0.3 is 0 Å². The fourth-order valence-corrected chi connectivity index (χ4v) is 4.49. The van der Waals surface area contributed by atoms with Crippen molar-refractivity contribution in [2.45, 2.75) is 45.1 Å². The molecule has 1 aliphatic heterocycles. The van der Waals surface area contributed by atoms with Gasteiger partial charge in [0, 0.05) is 24.6 Å². The summed E-state index contributed by atoms with van der Waals surface area (Å²) >= 11 is 1.31. The van der Waals surface area contributed by atoms with Gasteiger partial charge in [-0.25, -0.2) is 0 Å². The van der Waals surface area contributed by atoms with Gasteiger partial charge in [0.1, 0.15) is 10.8 Å². The molecule has 0 radical (unpaired) electrons. The Labute approximate surface area is 191 Å². The molecule has 7 nitrogen and oxygen atoms in total. The maximum atomic E-state index is 12.7. The van der Waals surface area contributed by atoms with E-state index in [9.17, 15) is 9.59 Å². The van der Waals surface area contributed by atoms with Gasteiger partial charge in [0.2, 0.25) is 11.0 Å². The molecule has 1 fully saturated rings. The number of benzene rings is 2. The average Bonchev–Trinajstić information content (AvgIpc) is 3.44. The van der Waals surface area contributed by atoms with E-state index in [-0.39, 0.29) is 17.7 Å². The number of para-hydroxylation sites is 1. The minimum absolute atomic E-state index is 0.0426. The number of aryl methyl sites for hydroxylation is 1. The third-order valence-electron chi connectivity index (χ3n) is 5.49. The first-order valence-corrected chi connectivity index (χ1v) is 11.6. The van der Waals surface area contributed by atoms with Crippen LogP contribution in [0.2, 0.25) is 0 Å². The standard InChI is InChI=1S/C24H26N4O3S/c1-3-16-10-12-18(13-11-16)28-15-17(14-21(28)29)23-26-27-24(32-23)25-22(30)20(4-2)31-19-8-6-5-7-9-19/h5-13,17,20H,3-4,14-15H2,1-2H3,(H,25,27,30). The van der Waals surface area contributed by atoms with E-state index in [0.29, 0.717) is 30.3 Å². The smallest absolute Gasteiger partial charge is 0.267 e. The average molecular weight is 451 g/mol. The second kappa shape index (κ2) is 9.91. The van der Waals surface area contributed by atoms with Crippen LogP contribution in [0.4, 0.5) is 10.8 Å². The zero-order valence-electron chi connectivity index (χ0n) is 18.2. The molecule has 0 saturated carbocycles. The van der Waals surface area contributed by atoms with Crippen LogP contribution in [-0.2, 0) is 16.0 Å². The van der Waals surface area contributed by atoms with Gasteiger partial charge in [-0.1, -0.05) is 55.5 Å². The second-order valence-electron chi connectivity index (χ2n) is 7.69. The molecule has 4 rings (SSSR count). The lowest BCUT2D eigenvalue weighted by Gasteiger charge is -2.16. The molecule has 0 bridgehead atoms. The first-order valence-electron chi connectivity index (χ1n) is 10.8. The first kappa shape index (κ1) is 22.0. The quantitative estimate of drug-likeness (QED) is 0.549. The summed E-state index contributed by atoms with van der Waals surface area (Å²) < 4.78 is 5.79. The summed E-state index contributed by atoms with van der Waals surface area (Å²) in [4.78, 5) is 27.1. The number of nitrogens with one attached hydrogen (secondary N) is 1. The first-order chi connectivity index (χ1) is 15.6. The number of aromatic nitrogens is 2. The van der Waals surface area contributed by atoms with E-state index in [1.807, 2.05) is 49.4 Å². The molecule has 0 spiro atoms. The summed E-state index contributed by atoms with van der Waals surface area (Å²) in [5.41, 5.74) is 2.14. The topological polar surface area (TPSA) is 84.4 Å². The molecule has 1 aliphatic rings. The van der Waals surface area contributed by atoms with Crippen molar-refractivity contribution in [3.63, 3.8) is 0 Å². The van der Waals surface area contributed by atoms with Gasteiger partial charge in [-0.2, -0.15) is 0 Å². The van der Waals surface area contributed by atoms with Gasteiger partial charge in [0.15, 0.2) is 6.10 Å². The number of amides is 2. The molecule has 3 aromatic rings. The van der Waals surface area contributed by atoms with Crippen LogP contribution in [0.25, 0.3) is 0 Å². The summed E-state index contributed by atoms with van der Waals surface area (Å²) in [7, 11) is 0. The third kappa shape index (κ3) is 4.96. The highest BCUT2D eigenvalue weighted by atomic mass is 32.1. The molecule has 32 heavy (non-hydrogen) atoms. The molecular weight excluding hydrogens is 424 g/mol. The molecule has 8 heteroatoms. The predicted octanol–water partition coefficient (Wildman–Crippen LogP) is 4.42. The fourth-order valence-electron chi connectivity index (χ4n) is 3.66. The molecule has 0 aliphatic carbocycles. The van der Waals surface area contributed by atoms with Crippen LogP contribution in [0.5, 0.6) is 5.75 Å². The maximum absolute atomic E-state index is 12.7. The van der Waals surface area contributed by atoms with Crippen LogP contribution in [0.15, 0.2) is 54.6 Å². The number of hydrogen-bond acceptors (Lipinski definition) is 6.